The van der Waals surface area contributed by atoms with Crippen molar-refractivity contribution in [3.8, 4) is 5.69 Å². The molecule has 0 spiro atoms. The van der Waals surface area contributed by atoms with E-state index in [0.717, 1.165) is 16.7 Å². The molecule has 0 aliphatic carbocycles. The Bertz CT molecular complexity index is 1270. The minimum absolute atomic E-state index is 0.277. The number of para-hydroxylation sites is 1. The largest absolute Gasteiger partial charge is 0.443 e. The summed E-state index contributed by atoms with van der Waals surface area (Å²) in [6.45, 7) is 1.82. The van der Waals surface area contributed by atoms with Crippen molar-refractivity contribution in [1.82, 2.24) is 9.78 Å². The zero-order valence-corrected chi connectivity index (χ0v) is 17.2. The Morgan fingerprint density at radius 2 is 1.90 bits per heavy atom. The van der Waals surface area contributed by atoms with Crippen molar-refractivity contribution in [2.24, 2.45) is 5.73 Å². The lowest BCUT2D eigenvalue weighted by Crippen LogP contribution is -2.26. The number of ether oxygens (including phenoxy) is 1. The van der Waals surface area contributed by atoms with E-state index >= 15 is 0 Å². The molecule has 2 heterocycles. The summed E-state index contributed by atoms with van der Waals surface area (Å²) in [5.74, 6) is -2.04. The molecule has 0 fully saturated rings. The number of rotatable bonds is 5. The van der Waals surface area contributed by atoms with Crippen LogP contribution in [0.1, 0.15) is 27.0 Å². The van der Waals surface area contributed by atoms with E-state index in [-0.39, 0.29) is 10.4 Å². The zero-order valence-electron chi connectivity index (χ0n) is 15.6. The number of amides is 1. The fourth-order valence-electron chi connectivity index (χ4n) is 3.03. The fourth-order valence-corrected chi connectivity index (χ4v) is 4.30. The summed E-state index contributed by atoms with van der Waals surface area (Å²) in [6.07, 6.45) is -1.33. The van der Waals surface area contributed by atoms with E-state index in [4.69, 9.17) is 22.1 Å². The van der Waals surface area contributed by atoms with Crippen molar-refractivity contribution in [3.05, 3.63) is 81.6 Å². The number of aromatic nitrogens is 2. The highest BCUT2D eigenvalue weighted by molar-refractivity contribution is 7.20. The molecule has 2 aromatic carbocycles. The number of hydrogen-bond donors (Lipinski definition) is 1. The number of benzene rings is 2. The van der Waals surface area contributed by atoms with Gasteiger partial charge in [-0.15, -0.1) is 11.3 Å². The van der Waals surface area contributed by atoms with Crippen LogP contribution in [0.15, 0.2) is 54.6 Å². The third kappa shape index (κ3) is 3.67. The van der Waals surface area contributed by atoms with E-state index in [1.807, 2.05) is 25.1 Å². The molecular formula is C21H15ClFN3O3S. The molecule has 0 saturated heterocycles. The summed E-state index contributed by atoms with van der Waals surface area (Å²) in [7, 11) is 0. The second-order valence-corrected chi connectivity index (χ2v) is 7.96. The van der Waals surface area contributed by atoms with Gasteiger partial charge < -0.3 is 10.5 Å². The Balaban J connectivity index is 1.68. The van der Waals surface area contributed by atoms with Gasteiger partial charge in [-0.1, -0.05) is 35.9 Å². The first-order valence-corrected chi connectivity index (χ1v) is 10.0. The molecule has 0 bridgehead atoms. The third-order valence-corrected chi connectivity index (χ3v) is 5.89. The number of hydrogen-bond acceptors (Lipinski definition) is 5. The number of aryl methyl sites for hydroxylation is 1. The van der Waals surface area contributed by atoms with Gasteiger partial charge in [0.05, 0.1) is 16.4 Å². The molecule has 2 aromatic heterocycles. The summed E-state index contributed by atoms with van der Waals surface area (Å²) in [6, 6.07) is 13.9. The topological polar surface area (TPSA) is 87.2 Å². The molecule has 0 saturated carbocycles. The van der Waals surface area contributed by atoms with Gasteiger partial charge in [0, 0.05) is 10.9 Å². The first-order valence-electron chi connectivity index (χ1n) is 8.85. The molecule has 1 unspecified atom stereocenters. The molecule has 9 heteroatoms. The van der Waals surface area contributed by atoms with Crippen LogP contribution in [0.3, 0.4) is 0 Å². The smallest absolute Gasteiger partial charge is 0.349 e. The fraction of sp³-hybridized carbons (Fsp3) is 0.0952. The number of nitrogens with two attached hydrogens (primary N) is 1. The third-order valence-electron chi connectivity index (χ3n) is 4.48. The lowest BCUT2D eigenvalue weighted by Gasteiger charge is -2.14. The first kappa shape index (κ1) is 20.1. The summed E-state index contributed by atoms with van der Waals surface area (Å²) >= 11 is 7.46. The Hall–Kier alpha value is -3.23. The number of fused-ring (bicyclic) bond motifs is 1. The molecule has 4 aromatic rings. The molecule has 6 nitrogen and oxygen atoms in total. The van der Waals surface area contributed by atoms with Gasteiger partial charge in [0.2, 0.25) is 6.10 Å². The standard InChI is InChI=1S/C21H15ClFN3O3S/c1-11-14-10-17(30-20(14)26(25-11)16-5-3-2-4-15(16)22)21(28)29-18(19(24)27)12-6-8-13(23)9-7-12/h2-10,18H,1H3,(H2,24,27). The molecule has 1 atom stereocenters. The van der Waals surface area contributed by atoms with Gasteiger partial charge in [-0.05, 0) is 37.3 Å². The highest BCUT2D eigenvalue weighted by Crippen LogP contribution is 2.33. The van der Waals surface area contributed by atoms with Crippen LogP contribution in [0.2, 0.25) is 5.02 Å². The minimum atomic E-state index is -1.33. The zero-order chi connectivity index (χ0) is 21.4. The van der Waals surface area contributed by atoms with Crippen LogP contribution in [0, 0.1) is 12.7 Å². The molecule has 0 aliphatic heterocycles. The SMILES string of the molecule is Cc1nn(-c2ccccc2Cl)c2sc(C(=O)OC(C(N)=O)c3ccc(F)cc3)cc12. The monoisotopic (exact) mass is 443 g/mol. The maximum Gasteiger partial charge on any atom is 0.349 e. The predicted octanol–water partition coefficient (Wildman–Crippen LogP) is 4.57. The van der Waals surface area contributed by atoms with E-state index < -0.39 is 23.8 Å². The Kier molecular flexibility index (Phi) is 5.27. The maximum absolute atomic E-state index is 13.2. The van der Waals surface area contributed by atoms with Crippen molar-refractivity contribution in [3.63, 3.8) is 0 Å². The van der Waals surface area contributed by atoms with Crippen molar-refractivity contribution >= 4 is 45.0 Å². The number of nitrogens with zero attached hydrogens (tertiary/aromatic N) is 2. The van der Waals surface area contributed by atoms with Gasteiger partial charge in [-0.25, -0.2) is 13.9 Å². The second kappa shape index (κ2) is 7.89. The Labute approximate surface area is 179 Å². The van der Waals surface area contributed by atoms with Gasteiger partial charge >= 0.3 is 5.97 Å². The molecule has 1 amide bonds. The molecule has 2 N–H and O–H groups in total. The van der Waals surface area contributed by atoms with Gasteiger partial charge in [0.25, 0.3) is 5.91 Å². The van der Waals surface area contributed by atoms with Crippen molar-refractivity contribution < 1.29 is 18.7 Å². The minimum Gasteiger partial charge on any atom is -0.443 e. The van der Waals surface area contributed by atoms with Crippen LogP contribution >= 0.6 is 22.9 Å². The van der Waals surface area contributed by atoms with Crippen LogP contribution in [-0.2, 0) is 9.53 Å². The lowest BCUT2D eigenvalue weighted by atomic mass is 10.1. The number of halogens is 2. The van der Waals surface area contributed by atoms with Crippen LogP contribution in [-0.4, -0.2) is 21.7 Å². The normalized spacial score (nSPS) is 12.1. The van der Waals surface area contributed by atoms with Crippen molar-refractivity contribution in [2.75, 3.05) is 0 Å². The van der Waals surface area contributed by atoms with Gasteiger partial charge in [0.15, 0.2) is 0 Å². The van der Waals surface area contributed by atoms with Crippen LogP contribution < -0.4 is 5.73 Å². The van der Waals surface area contributed by atoms with E-state index in [1.54, 1.807) is 16.8 Å². The average molecular weight is 444 g/mol. The van der Waals surface area contributed by atoms with E-state index in [0.29, 0.717) is 21.2 Å². The number of thiophene rings is 1. The van der Waals surface area contributed by atoms with Crippen LogP contribution in [0.5, 0.6) is 0 Å². The number of primary amides is 1. The quantitative estimate of drug-likeness (QED) is 0.457. The van der Waals surface area contributed by atoms with E-state index in [1.165, 1.54) is 24.3 Å². The van der Waals surface area contributed by atoms with Gasteiger partial charge in [-0.3, -0.25) is 4.79 Å². The summed E-state index contributed by atoms with van der Waals surface area (Å²) < 4.78 is 20.2. The molecular weight excluding hydrogens is 429 g/mol. The molecule has 4 rings (SSSR count). The molecule has 152 valence electrons. The number of carbonyl (C=O) groups excluding carboxylic acids is 2. The van der Waals surface area contributed by atoms with Crippen molar-refractivity contribution in [1.29, 1.82) is 0 Å². The number of carbonyl (C=O) groups is 2. The number of esters is 1. The highest BCUT2D eigenvalue weighted by Gasteiger charge is 2.26. The molecule has 30 heavy (non-hydrogen) atoms. The van der Waals surface area contributed by atoms with Crippen LogP contribution in [0.4, 0.5) is 4.39 Å². The molecule has 0 aliphatic rings. The lowest BCUT2D eigenvalue weighted by molar-refractivity contribution is -0.127. The average Bonchev–Trinajstić information content (AvgIpc) is 3.28. The van der Waals surface area contributed by atoms with Gasteiger partial charge in [0.1, 0.15) is 15.5 Å². The Morgan fingerprint density at radius 3 is 2.57 bits per heavy atom. The van der Waals surface area contributed by atoms with Crippen molar-refractivity contribution in [2.45, 2.75) is 13.0 Å². The summed E-state index contributed by atoms with van der Waals surface area (Å²) in [5, 5.41) is 5.79. The first-order chi connectivity index (χ1) is 14.3. The summed E-state index contributed by atoms with van der Waals surface area (Å²) in [4.78, 5) is 25.6. The van der Waals surface area contributed by atoms with E-state index in [9.17, 15) is 14.0 Å². The second-order valence-electron chi connectivity index (χ2n) is 6.52. The van der Waals surface area contributed by atoms with Gasteiger partial charge in [-0.2, -0.15) is 5.10 Å². The van der Waals surface area contributed by atoms with Crippen LogP contribution in [0.25, 0.3) is 15.9 Å². The predicted molar refractivity (Wildman–Crippen MR) is 112 cm³/mol. The molecule has 0 radical (unpaired) electrons. The van der Waals surface area contributed by atoms with E-state index in [2.05, 4.69) is 5.10 Å². The Morgan fingerprint density at radius 1 is 1.20 bits per heavy atom. The summed E-state index contributed by atoms with van der Waals surface area (Å²) in [5.41, 5.74) is 7.08. The maximum atomic E-state index is 13.2. The highest BCUT2D eigenvalue weighted by atomic mass is 35.5.